The molecule has 1 aromatic carbocycles. The second-order valence-corrected chi connectivity index (χ2v) is 5.50. The van der Waals surface area contributed by atoms with Crippen LogP contribution in [0.2, 0.25) is 0 Å². The van der Waals surface area contributed by atoms with E-state index in [9.17, 15) is 14.9 Å². The average molecular weight is 260 g/mol. The summed E-state index contributed by atoms with van der Waals surface area (Å²) in [7, 11) is 0. The summed E-state index contributed by atoms with van der Waals surface area (Å²) in [6.45, 7) is 2.39. The Hall–Kier alpha value is -1.91. The lowest BCUT2D eigenvalue weighted by Crippen LogP contribution is -2.31. The van der Waals surface area contributed by atoms with Crippen LogP contribution in [0.15, 0.2) is 18.2 Å². The van der Waals surface area contributed by atoms with Gasteiger partial charge in [0, 0.05) is 24.3 Å². The monoisotopic (exact) mass is 260 g/mol. The average Bonchev–Trinajstić information content (AvgIpc) is 3.00. The van der Waals surface area contributed by atoms with E-state index >= 15 is 0 Å². The lowest BCUT2D eigenvalue weighted by atomic mass is 10.1. The molecule has 2 atom stereocenters. The van der Waals surface area contributed by atoms with Crippen molar-refractivity contribution in [2.24, 2.45) is 5.92 Å². The first-order valence-electron chi connectivity index (χ1n) is 6.62. The van der Waals surface area contributed by atoms with Gasteiger partial charge in [-0.05, 0) is 44.2 Å². The highest BCUT2D eigenvalue weighted by Gasteiger charge is 2.38. The van der Waals surface area contributed by atoms with E-state index in [2.05, 4.69) is 4.90 Å². The van der Waals surface area contributed by atoms with E-state index < -0.39 is 4.92 Å². The van der Waals surface area contributed by atoms with Crippen molar-refractivity contribution in [2.45, 2.75) is 32.2 Å². The maximum Gasteiger partial charge on any atom is 0.280 e. The van der Waals surface area contributed by atoms with E-state index in [4.69, 9.17) is 0 Å². The standard InChI is InChI=1S/C14H16N2O3/c1-9(17)13-7-12(4-5-14(13)16(18)19)15-8-10-2-3-11(15)6-10/h4-5,7,10-11H,2-3,6,8H2,1H3. The number of benzene rings is 1. The molecule has 0 N–H and O–H groups in total. The summed E-state index contributed by atoms with van der Waals surface area (Å²) in [5.41, 5.74) is 1.06. The Kier molecular flexibility index (Phi) is 2.77. The summed E-state index contributed by atoms with van der Waals surface area (Å²) >= 11 is 0. The maximum atomic E-state index is 11.6. The van der Waals surface area contributed by atoms with Crippen molar-refractivity contribution in [1.29, 1.82) is 0 Å². The number of rotatable bonds is 3. The summed E-state index contributed by atoms with van der Waals surface area (Å²) in [5, 5.41) is 10.9. The third-order valence-electron chi connectivity index (χ3n) is 4.30. The summed E-state index contributed by atoms with van der Waals surface area (Å²) in [6.07, 6.45) is 3.69. The molecule has 1 aromatic rings. The highest BCUT2D eigenvalue weighted by atomic mass is 16.6. The number of Topliss-reactive ketones (excluding diaryl/α,β-unsaturated/α-hetero) is 1. The number of fused-ring (bicyclic) bond motifs is 2. The van der Waals surface area contributed by atoms with Crippen molar-refractivity contribution in [2.75, 3.05) is 11.4 Å². The molecular formula is C14H16N2O3. The molecular weight excluding hydrogens is 244 g/mol. The van der Waals surface area contributed by atoms with Crippen LogP contribution in [0.5, 0.6) is 0 Å². The minimum Gasteiger partial charge on any atom is -0.368 e. The predicted molar refractivity (Wildman–Crippen MR) is 71.6 cm³/mol. The van der Waals surface area contributed by atoms with Crippen LogP contribution in [0, 0.1) is 16.0 Å². The van der Waals surface area contributed by atoms with Crippen LogP contribution >= 0.6 is 0 Å². The molecule has 1 saturated heterocycles. The van der Waals surface area contributed by atoms with Crippen molar-refractivity contribution in [3.63, 3.8) is 0 Å². The summed E-state index contributed by atoms with van der Waals surface area (Å²) in [4.78, 5) is 24.3. The van der Waals surface area contributed by atoms with E-state index in [-0.39, 0.29) is 17.0 Å². The minimum atomic E-state index is -0.489. The molecule has 5 heteroatoms. The fraction of sp³-hybridized carbons (Fsp3) is 0.500. The highest BCUT2D eigenvalue weighted by molar-refractivity contribution is 5.99. The number of carbonyl (C=O) groups is 1. The number of carbonyl (C=O) groups excluding carboxylic acids is 1. The molecule has 2 unspecified atom stereocenters. The van der Waals surface area contributed by atoms with Gasteiger partial charge in [-0.3, -0.25) is 14.9 Å². The number of piperidine rings is 1. The lowest BCUT2D eigenvalue weighted by Gasteiger charge is -2.29. The molecule has 1 aliphatic heterocycles. The quantitative estimate of drug-likeness (QED) is 0.476. The SMILES string of the molecule is CC(=O)c1cc(N2CC3CCC2C3)ccc1[N+](=O)[O-]. The van der Waals surface area contributed by atoms with Gasteiger partial charge < -0.3 is 4.90 Å². The molecule has 0 radical (unpaired) electrons. The summed E-state index contributed by atoms with van der Waals surface area (Å²) in [6, 6.07) is 5.45. The predicted octanol–water partition coefficient (Wildman–Crippen LogP) is 2.79. The van der Waals surface area contributed by atoms with Crippen LogP contribution in [0.1, 0.15) is 36.5 Å². The Morgan fingerprint density at radius 2 is 2.21 bits per heavy atom. The Morgan fingerprint density at radius 1 is 1.42 bits per heavy atom. The Labute approximate surface area is 111 Å². The van der Waals surface area contributed by atoms with Crippen LogP contribution in [0.25, 0.3) is 0 Å². The first-order valence-corrected chi connectivity index (χ1v) is 6.62. The number of hydrogen-bond acceptors (Lipinski definition) is 4. The molecule has 100 valence electrons. The van der Waals surface area contributed by atoms with Crippen LogP contribution in [-0.4, -0.2) is 23.3 Å². The molecule has 1 saturated carbocycles. The molecule has 1 heterocycles. The second kappa shape index (κ2) is 4.33. The Morgan fingerprint density at radius 3 is 2.74 bits per heavy atom. The first kappa shape index (κ1) is 12.1. The Balaban J connectivity index is 1.97. The molecule has 2 fully saturated rings. The topological polar surface area (TPSA) is 63.5 Å². The van der Waals surface area contributed by atoms with E-state index in [0.717, 1.165) is 18.2 Å². The van der Waals surface area contributed by atoms with Gasteiger partial charge in [0.2, 0.25) is 0 Å². The zero-order chi connectivity index (χ0) is 13.6. The van der Waals surface area contributed by atoms with Gasteiger partial charge >= 0.3 is 0 Å². The first-order chi connectivity index (χ1) is 9.06. The third-order valence-corrected chi connectivity index (χ3v) is 4.30. The summed E-state index contributed by atoms with van der Waals surface area (Å²) < 4.78 is 0. The van der Waals surface area contributed by atoms with Gasteiger partial charge in [-0.15, -0.1) is 0 Å². The molecule has 1 aliphatic carbocycles. The number of nitrogens with zero attached hydrogens (tertiary/aromatic N) is 2. The van der Waals surface area contributed by atoms with Crippen LogP contribution in [0.4, 0.5) is 11.4 Å². The lowest BCUT2D eigenvalue weighted by molar-refractivity contribution is -0.385. The molecule has 5 nitrogen and oxygen atoms in total. The van der Waals surface area contributed by atoms with E-state index in [1.54, 1.807) is 12.1 Å². The number of hydrogen-bond donors (Lipinski definition) is 0. The summed E-state index contributed by atoms with van der Waals surface area (Å²) in [5.74, 6) is 0.499. The van der Waals surface area contributed by atoms with Gasteiger partial charge in [-0.1, -0.05) is 0 Å². The van der Waals surface area contributed by atoms with Crippen molar-refractivity contribution < 1.29 is 9.72 Å². The van der Waals surface area contributed by atoms with Crippen molar-refractivity contribution in [3.05, 3.63) is 33.9 Å². The molecule has 19 heavy (non-hydrogen) atoms. The van der Waals surface area contributed by atoms with Crippen molar-refractivity contribution in [1.82, 2.24) is 0 Å². The maximum absolute atomic E-state index is 11.6. The zero-order valence-corrected chi connectivity index (χ0v) is 10.8. The van der Waals surface area contributed by atoms with Gasteiger partial charge in [0.1, 0.15) is 0 Å². The third kappa shape index (κ3) is 1.99. The molecule has 0 amide bonds. The molecule has 2 bridgehead atoms. The number of anilines is 1. The van der Waals surface area contributed by atoms with Crippen molar-refractivity contribution >= 4 is 17.2 Å². The van der Waals surface area contributed by atoms with Gasteiger partial charge in [0.05, 0.1) is 10.5 Å². The van der Waals surface area contributed by atoms with Crippen molar-refractivity contribution in [3.8, 4) is 0 Å². The van der Waals surface area contributed by atoms with Crippen LogP contribution in [0.3, 0.4) is 0 Å². The van der Waals surface area contributed by atoms with E-state index in [1.165, 1.54) is 32.3 Å². The van der Waals surface area contributed by atoms with Crippen LogP contribution in [-0.2, 0) is 0 Å². The van der Waals surface area contributed by atoms with Crippen LogP contribution < -0.4 is 4.90 Å². The number of nitro benzene ring substituents is 1. The zero-order valence-electron chi connectivity index (χ0n) is 10.8. The smallest absolute Gasteiger partial charge is 0.280 e. The molecule has 2 aliphatic rings. The fourth-order valence-electron chi connectivity index (χ4n) is 3.38. The second-order valence-electron chi connectivity index (χ2n) is 5.50. The molecule has 3 rings (SSSR count). The molecule has 0 spiro atoms. The largest absolute Gasteiger partial charge is 0.368 e. The van der Waals surface area contributed by atoms with E-state index in [1.807, 2.05) is 0 Å². The van der Waals surface area contributed by atoms with E-state index in [0.29, 0.717) is 6.04 Å². The number of nitro groups is 1. The fourth-order valence-corrected chi connectivity index (χ4v) is 3.38. The highest BCUT2D eigenvalue weighted by Crippen LogP contribution is 2.41. The van der Waals surface area contributed by atoms with Gasteiger partial charge in [0.15, 0.2) is 5.78 Å². The molecule has 0 aromatic heterocycles. The Bertz CT molecular complexity index is 556. The minimum absolute atomic E-state index is 0.0967. The van der Waals surface area contributed by atoms with Gasteiger partial charge in [-0.25, -0.2) is 0 Å². The normalized spacial score (nSPS) is 24.8. The van der Waals surface area contributed by atoms with Gasteiger partial charge in [0.25, 0.3) is 5.69 Å². The van der Waals surface area contributed by atoms with Gasteiger partial charge in [-0.2, -0.15) is 0 Å². The number of ketones is 1.